The lowest BCUT2D eigenvalue weighted by atomic mass is 10.1. The summed E-state index contributed by atoms with van der Waals surface area (Å²) in [5, 5.41) is 2.89. The standard InChI is InChI=1S/C19H20N2O3/c1-3-24-18-7-5-4-6-16(18)20-19(23)15-8-9-17-14(12-15)10-11-21(17)13(2)22/h4-9,12H,3,10-11H2,1-2H3,(H,20,23). The number of anilines is 2. The van der Waals surface area contributed by atoms with Crippen LogP contribution in [0.4, 0.5) is 11.4 Å². The van der Waals surface area contributed by atoms with E-state index in [0.29, 0.717) is 30.2 Å². The highest BCUT2D eigenvalue weighted by Gasteiger charge is 2.23. The van der Waals surface area contributed by atoms with Crippen LogP contribution in [-0.2, 0) is 11.2 Å². The molecule has 0 unspecified atom stereocenters. The Morgan fingerprint density at radius 2 is 2.00 bits per heavy atom. The first-order valence-corrected chi connectivity index (χ1v) is 8.04. The van der Waals surface area contributed by atoms with E-state index in [1.165, 1.54) is 0 Å². The fraction of sp³-hybridized carbons (Fsp3) is 0.263. The molecule has 5 heteroatoms. The van der Waals surface area contributed by atoms with Gasteiger partial charge < -0.3 is 15.0 Å². The molecule has 0 spiro atoms. The molecule has 2 aromatic carbocycles. The molecule has 5 nitrogen and oxygen atoms in total. The van der Waals surface area contributed by atoms with E-state index in [0.717, 1.165) is 17.7 Å². The molecule has 2 aromatic rings. The molecule has 0 atom stereocenters. The summed E-state index contributed by atoms with van der Waals surface area (Å²) in [7, 11) is 0. The summed E-state index contributed by atoms with van der Waals surface area (Å²) in [6.07, 6.45) is 0.769. The van der Waals surface area contributed by atoms with E-state index < -0.39 is 0 Å². The second-order valence-electron chi connectivity index (χ2n) is 5.65. The van der Waals surface area contributed by atoms with Gasteiger partial charge in [0.2, 0.25) is 5.91 Å². The first-order chi connectivity index (χ1) is 11.6. The number of nitrogens with zero attached hydrogens (tertiary/aromatic N) is 1. The third kappa shape index (κ3) is 3.11. The van der Waals surface area contributed by atoms with Gasteiger partial charge in [-0.2, -0.15) is 0 Å². The Hall–Kier alpha value is -2.82. The largest absolute Gasteiger partial charge is 0.492 e. The van der Waals surface area contributed by atoms with Crippen molar-refractivity contribution in [3.05, 3.63) is 53.6 Å². The second-order valence-corrected chi connectivity index (χ2v) is 5.65. The fourth-order valence-electron chi connectivity index (χ4n) is 2.92. The molecule has 1 aliphatic heterocycles. The van der Waals surface area contributed by atoms with Crippen LogP contribution >= 0.6 is 0 Å². The van der Waals surface area contributed by atoms with Gasteiger partial charge in [-0.3, -0.25) is 9.59 Å². The zero-order chi connectivity index (χ0) is 17.1. The molecule has 0 radical (unpaired) electrons. The number of carbonyl (C=O) groups excluding carboxylic acids is 2. The molecule has 0 aliphatic carbocycles. The maximum atomic E-state index is 12.5. The summed E-state index contributed by atoms with van der Waals surface area (Å²) < 4.78 is 5.53. The molecule has 2 amide bonds. The summed E-state index contributed by atoms with van der Waals surface area (Å²) >= 11 is 0. The van der Waals surface area contributed by atoms with Crippen molar-refractivity contribution in [2.45, 2.75) is 20.3 Å². The normalized spacial score (nSPS) is 12.7. The Balaban J connectivity index is 1.81. The van der Waals surface area contributed by atoms with E-state index in [4.69, 9.17) is 4.74 Å². The molecule has 1 aliphatic rings. The maximum Gasteiger partial charge on any atom is 0.255 e. The molecule has 3 rings (SSSR count). The maximum absolute atomic E-state index is 12.5. The molecule has 0 bridgehead atoms. The summed E-state index contributed by atoms with van der Waals surface area (Å²) in [6.45, 7) is 4.66. The minimum absolute atomic E-state index is 0.0246. The zero-order valence-electron chi connectivity index (χ0n) is 13.8. The van der Waals surface area contributed by atoms with Crippen molar-refractivity contribution in [2.75, 3.05) is 23.4 Å². The van der Waals surface area contributed by atoms with Gasteiger partial charge in [0.1, 0.15) is 5.75 Å². The summed E-state index contributed by atoms with van der Waals surface area (Å²) in [5.41, 5.74) is 3.14. The number of hydrogen-bond acceptors (Lipinski definition) is 3. The highest BCUT2D eigenvalue weighted by atomic mass is 16.5. The van der Waals surface area contributed by atoms with E-state index >= 15 is 0 Å². The number of fused-ring (bicyclic) bond motifs is 1. The zero-order valence-corrected chi connectivity index (χ0v) is 13.8. The number of benzene rings is 2. The highest BCUT2D eigenvalue weighted by molar-refractivity contribution is 6.06. The molecule has 124 valence electrons. The van der Waals surface area contributed by atoms with Gasteiger partial charge >= 0.3 is 0 Å². The third-order valence-electron chi connectivity index (χ3n) is 4.05. The average molecular weight is 324 g/mol. The minimum atomic E-state index is -0.189. The van der Waals surface area contributed by atoms with Gasteiger partial charge in [-0.25, -0.2) is 0 Å². The predicted octanol–water partition coefficient (Wildman–Crippen LogP) is 3.25. The minimum Gasteiger partial charge on any atom is -0.492 e. The van der Waals surface area contributed by atoms with Crippen LogP contribution in [-0.4, -0.2) is 25.0 Å². The van der Waals surface area contributed by atoms with Crippen LogP contribution in [0.2, 0.25) is 0 Å². The van der Waals surface area contributed by atoms with Gasteiger partial charge in [0.25, 0.3) is 5.91 Å². The van der Waals surface area contributed by atoms with E-state index in [9.17, 15) is 9.59 Å². The average Bonchev–Trinajstić information content (AvgIpc) is 3.00. The van der Waals surface area contributed by atoms with E-state index in [-0.39, 0.29) is 11.8 Å². The van der Waals surface area contributed by atoms with Crippen LogP contribution in [0, 0.1) is 0 Å². The van der Waals surface area contributed by atoms with Crippen LogP contribution in [0.3, 0.4) is 0 Å². The first-order valence-electron chi connectivity index (χ1n) is 8.04. The van der Waals surface area contributed by atoms with Gasteiger partial charge in [0.15, 0.2) is 0 Å². The van der Waals surface area contributed by atoms with E-state index in [1.54, 1.807) is 17.9 Å². The van der Waals surface area contributed by atoms with Crippen molar-refractivity contribution >= 4 is 23.2 Å². The SMILES string of the molecule is CCOc1ccccc1NC(=O)c1ccc2c(c1)CCN2C(C)=O. The number of ether oxygens (including phenoxy) is 1. The number of carbonyl (C=O) groups is 2. The number of nitrogens with one attached hydrogen (secondary N) is 1. The van der Waals surface area contributed by atoms with E-state index in [2.05, 4.69) is 5.32 Å². The Labute approximate surface area is 141 Å². The van der Waals surface area contributed by atoms with Crippen LogP contribution in [0.25, 0.3) is 0 Å². The van der Waals surface area contributed by atoms with Gasteiger partial charge in [-0.15, -0.1) is 0 Å². The molecular formula is C19H20N2O3. The highest BCUT2D eigenvalue weighted by Crippen LogP contribution is 2.30. The second kappa shape index (κ2) is 6.74. The smallest absolute Gasteiger partial charge is 0.255 e. The molecule has 0 aromatic heterocycles. The number of hydrogen-bond donors (Lipinski definition) is 1. The Bertz CT molecular complexity index is 786. The van der Waals surface area contributed by atoms with Gasteiger partial charge in [0.05, 0.1) is 12.3 Å². The van der Waals surface area contributed by atoms with Crippen molar-refractivity contribution < 1.29 is 14.3 Å². The third-order valence-corrected chi connectivity index (χ3v) is 4.05. The molecular weight excluding hydrogens is 304 g/mol. The van der Waals surface area contributed by atoms with Gasteiger partial charge in [-0.05, 0) is 49.2 Å². The van der Waals surface area contributed by atoms with Crippen LogP contribution in [0.5, 0.6) is 5.75 Å². The fourth-order valence-corrected chi connectivity index (χ4v) is 2.92. The predicted molar refractivity (Wildman–Crippen MR) is 93.7 cm³/mol. The summed E-state index contributed by atoms with van der Waals surface area (Å²) in [5.74, 6) is 0.486. The quantitative estimate of drug-likeness (QED) is 0.939. The monoisotopic (exact) mass is 324 g/mol. The topological polar surface area (TPSA) is 58.6 Å². The van der Waals surface area contributed by atoms with Crippen molar-refractivity contribution in [1.82, 2.24) is 0 Å². The summed E-state index contributed by atoms with van der Waals surface area (Å²) in [4.78, 5) is 25.9. The molecule has 1 heterocycles. The van der Waals surface area contributed by atoms with Gasteiger partial charge in [0, 0.05) is 24.7 Å². The molecule has 24 heavy (non-hydrogen) atoms. The number of rotatable bonds is 4. The van der Waals surface area contributed by atoms with Crippen LogP contribution < -0.4 is 15.0 Å². The van der Waals surface area contributed by atoms with E-state index in [1.807, 2.05) is 43.3 Å². The van der Waals surface area contributed by atoms with Crippen molar-refractivity contribution in [2.24, 2.45) is 0 Å². The Morgan fingerprint density at radius 1 is 1.21 bits per heavy atom. The van der Waals surface area contributed by atoms with Crippen LogP contribution in [0.1, 0.15) is 29.8 Å². The van der Waals surface area contributed by atoms with Crippen molar-refractivity contribution in [3.63, 3.8) is 0 Å². The number of amides is 2. The Morgan fingerprint density at radius 3 is 2.75 bits per heavy atom. The Kier molecular flexibility index (Phi) is 4.51. The van der Waals surface area contributed by atoms with Crippen molar-refractivity contribution in [1.29, 1.82) is 0 Å². The van der Waals surface area contributed by atoms with Gasteiger partial charge in [-0.1, -0.05) is 12.1 Å². The lowest BCUT2D eigenvalue weighted by Crippen LogP contribution is -2.25. The first kappa shape index (κ1) is 16.1. The molecule has 0 saturated carbocycles. The molecule has 0 fully saturated rings. The molecule has 1 N–H and O–H groups in total. The lowest BCUT2D eigenvalue weighted by molar-refractivity contribution is -0.116. The van der Waals surface area contributed by atoms with Crippen molar-refractivity contribution in [3.8, 4) is 5.75 Å². The summed E-state index contributed by atoms with van der Waals surface area (Å²) in [6, 6.07) is 12.8. The molecule has 0 saturated heterocycles. The lowest BCUT2D eigenvalue weighted by Gasteiger charge is -2.15. The number of para-hydroxylation sites is 2. The van der Waals surface area contributed by atoms with Crippen LogP contribution in [0.15, 0.2) is 42.5 Å².